The van der Waals surface area contributed by atoms with Crippen molar-refractivity contribution < 1.29 is 9.47 Å². The van der Waals surface area contributed by atoms with Crippen molar-refractivity contribution in [3.63, 3.8) is 0 Å². The maximum atomic E-state index is 6.24. The maximum Gasteiger partial charge on any atom is 0.0817 e. The molecule has 0 aromatic rings. The van der Waals surface area contributed by atoms with Gasteiger partial charge in [0.1, 0.15) is 0 Å². The van der Waals surface area contributed by atoms with Crippen molar-refractivity contribution in [2.75, 3.05) is 6.61 Å². The van der Waals surface area contributed by atoms with Gasteiger partial charge in [0.25, 0.3) is 0 Å². The molecule has 17 heavy (non-hydrogen) atoms. The van der Waals surface area contributed by atoms with E-state index in [1.165, 1.54) is 38.5 Å². The predicted octanol–water partition coefficient (Wildman–Crippen LogP) is 2.37. The number of ether oxygens (including phenoxy) is 2. The fourth-order valence-corrected chi connectivity index (χ4v) is 3.77. The number of rotatable bonds is 3. The highest BCUT2D eigenvalue weighted by atomic mass is 16.6. The number of hydrogen-bond donors (Lipinski definition) is 1. The third-order valence-electron chi connectivity index (χ3n) is 4.80. The third-order valence-corrected chi connectivity index (χ3v) is 4.80. The van der Waals surface area contributed by atoms with Gasteiger partial charge in [-0.15, -0.1) is 0 Å². The average molecular weight is 239 g/mol. The number of nitrogens with two attached hydrogens (primary N) is 1. The minimum atomic E-state index is 0.250. The van der Waals surface area contributed by atoms with Crippen LogP contribution in [-0.4, -0.2) is 30.5 Å². The molecule has 2 N–H and O–H groups in total. The lowest BCUT2D eigenvalue weighted by Crippen LogP contribution is -2.28. The predicted molar refractivity (Wildman–Crippen MR) is 66.9 cm³/mol. The monoisotopic (exact) mass is 239 g/mol. The fourth-order valence-electron chi connectivity index (χ4n) is 3.77. The van der Waals surface area contributed by atoms with Crippen LogP contribution in [0.3, 0.4) is 0 Å². The second kappa shape index (κ2) is 4.87. The molecule has 0 bridgehead atoms. The first kappa shape index (κ1) is 11.9. The van der Waals surface area contributed by atoms with Gasteiger partial charge in [0.05, 0.1) is 24.4 Å². The summed E-state index contributed by atoms with van der Waals surface area (Å²) < 4.78 is 12.2. The van der Waals surface area contributed by atoms with Crippen LogP contribution in [0.15, 0.2) is 0 Å². The summed E-state index contributed by atoms with van der Waals surface area (Å²) in [5, 5.41) is 0. The summed E-state index contributed by atoms with van der Waals surface area (Å²) in [4.78, 5) is 0. The molecule has 1 saturated heterocycles. The quantitative estimate of drug-likeness (QED) is 0.822. The summed E-state index contributed by atoms with van der Waals surface area (Å²) in [6.45, 7) is 0.791. The SMILES string of the molecule is NC1CCC(OCC2CCC3(CCCC3)O2)C1. The van der Waals surface area contributed by atoms with Gasteiger partial charge in [-0.2, -0.15) is 0 Å². The summed E-state index contributed by atoms with van der Waals surface area (Å²) in [5.41, 5.74) is 6.14. The zero-order valence-corrected chi connectivity index (χ0v) is 10.7. The first-order valence-electron chi connectivity index (χ1n) is 7.31. The Morgan fingerprint density at radius 1 is 1.12 bits per heavy atom. The van der Waals surface area contributed by atoms with Crippen LogP contribution in [-0.2, 0) is 9.47 Å². The summed E-state index contributed by atoms with van der Waals surface area (Å²) in [5.74, 6) is 0. The molecule has 98 valence electrons. The number of hydrogen-bond acceptors (Lipinski definition) is 3. The van der Waals surface area contributed by atoms with Crippen LogP contribution >= 0.6 is 0 Å². The molecule has 3 nitrogen and oxygen atoms in total. The topological polar surface area (TPSA) is 44.5 Å². The molecule has 3 fully saturated rings. The van der Waals surface area contributed by atoms with Crippen LogP contribution in [0.2, 0.25) is 0 Å². The summed E-state index contributed by atoms with van der Waals surface area (Å²) in [6.07, 6.45) is 11.8. The molecule has 3 rings (SSSR count). The molecule has 3 unspecified atom stereocenters. The Kier molecular flexibility index (Phi) is 3.42. The van der Waals surface area contributed by atoms with Crippen molar-refractivity contribution >= 4 is 0 Å². The Bertz CT molecular complexity index is 263. The molecular formula is C14H25NO2. The maximum absolute atomic E-state index is 6.24. The second-order valence-corrected chi connectivity index (χ2v) is 6.20. The molecule has 3 aliphatic rings. The van der Waals surface area contributed by atoms with Gasteiger partial charge in [0.2, 0.25) is 0 Å². The fraction of sp³-hybridized carbons (Fsp3) is 1.00. The molecule has 2 aliphatic carbocycles. The van der Waals surface area contributed by atoms with E-state index in [0.29, 0.717) is 18.2 Å². The average Bonchev–Trinajstić information content (AvgIpc) is 3.01. The highest BCUT2D eigenvalue weighted by Gasteiger charge is 2.42. The minimum Gasteiger partial charge on any atom is -0.375 e. The molecule has 0 amide bonds. The van der Waals surface area contributed by atoms with E-state index in [1.54, 1.807) is 0 Å². The van der Waals surface area contributed by atoms with Crippen molar-refractivity contribution in [1.82, 2.24) is 0 Å². The van der Waals surface area contributed by atoms with E-state index in [1.807, 2.05) is 0 Å². The second-order valence-electron chi connectivity index (χ2n) is 6.20. The van der Waals surface area contributed by atoms with Crippen LogP contribution in [0.25, 0.3) is 0 Å². The van der Waals surface area contributed by atoms with Gasteiger partial charge < -0.3 is 15.2 Å². The van der Waals surface area contributed by atoms with Crippen LogP contribution in [0, 0.1) is 0 Å². The van der Waals surface area contributed by atoms with Crippen LogP contribution in [0.4, 0.5) is 0 Å². The van der Waals surface area contributed by atoms with Crippen LogP contribution in [0.5, 0.6) is 0 Å². The van der Waals surface area contributed by atoms with Crippen molar-refractivity contribution in [2.45, 2.75) is 81.6 Å². The molecule has 3 atom stereocenters. The lowest BCUT2D eigenvalue weighted by atomic mass is 9.98. The van der Waals surface area contributed by atoms with Crippen molar-refractivity contribution in [1.29, 1.82) is 0 Å². The van der Waals surface area contributed by atoms with Crippen molar-refractivity contribution in [3.05, 3.63) is 0 Å². The Balaban J connectivity index is 1.42. The Hall–Kier alpha value is -0.120. The summed E-state index contributed by atoms with van der Waals surface area (Å²) in [7, 11) is 0. The highest BCUT2D eigenvalue weighted by Crippen LogP contribution is 2.43. The normalized spacial score (nSPS) is 40.4. The lowest BCUT2D eigenvalue weighted by molar-refractivity contribution is -0.0808. The minimum absolute atomic E-state index is 0.250. The van der Waals surface area contributed by atoms with Gasteiger partial charge in [-0.25, -0.2) is 0 Å². The van der Waals surface area contributed by atoms with E-state index < -0.39 is 0 Å². The van der Waals surface area contributed by atoms with Gasteiger partial charge in [-0.1, -0.05) is 12.8 Å². The van der Waals surface area contributed by atoms with Gasteiger partial charge in [-0.05, 0) is 44.9 Å². The van der Waals surface area contributed by atoms with E-state index in [0.717, 1.165) is 25.9 Å². The van der Waals surface area contributed by atoms with E-state index in [9.17, 15) is 0 Å². The van der Waals surface area contributed by atoms with Crippen molar-refractivity contribution in [3.8, 4) is 0 Å². The molecule has 3 heteroatoms. The molecule has 0 aromatic heterocycles. The van der Waals surface area contributed by atoms with Gasteiger partial charge in [0, 0.05) is 6.04 Å². The summed E-state index contributed by atoms with van der Waals surface area (Å²) >= 11 is 0. The molecule has 0 radical (unpaired) electrons. The lowest BCUT2D eigenvalue weighted by Gasteiger charge is -2.24. The molecular weight excluding hydrogens is 214 g/mol. The Labute approximate surface area is 104 Å². The van der Waals surface area contributed by atoms with Crippen molar-refractivity contribution in [2.24, 2.45) is 5.73 Å². The molecule has 1 spiro atoms. The first-order valence-corrected chi connectivity index (χ1v) is 7.31. The van der Waals surface area contributed by atoms with E-state index in [4.69, 9.17) is 15.2 Å². The van der Waals surface area contributed by atoms with E-state index in [-0.39, 0.29) is 5.60 Å². The Morgan fingerprint density at radius 2 is 1.94 bits per heavy atom. The third kappa shape index (κ3) is 2.67. The largest absolute Gasteiger partial charge is 0.375 e. The van der Waals surface area contributed by atoms with Crippen LogP contribution in [0.1, 0.15) is 57.8 Å². The summed E-state index contributed by atoms with van der Waals surface area (Å²) in [6, 6.07) is 0.366. The van der Waals surface area contributed by atoms with Gasteiger partial charge in [-0.3, -0.25) is 0 Å². The molecule has 2 saturated carbocycles. The molecule has 1 heterocycles. The smallest absolute Gasteiger partial charge is 0.0817 e. The molecule has 1 aliphatic heterocycles. The van der Waals surface area contributed by atoms with E-state index in [2.05, 4.69) is 0 Å². The van der Waals surface area contributed by atoms with Crippen LogP contribution < -0.4 is 5.73 Å². The highest BCUT2D eigenvalue weighted by molar-refractivity contribution is 4.93. The standard InChI is InChI=1S/C14H25NO2/c15-11-3-4-12(9-11)16-10-13-5-8-14(17-13)6-1-2-7-14/h11-13H,1-10,15H2. The van der Waals surface area contributed by atoms with Gasteiger partial charge in [0.15, 0.2) is 0 Å². The molecule has 0 aromatic carbocycles. The Morgan fingerprint density at radius 3 is 2.65 bits per heavy atom. The zero-order valence-electron chi connectivity index (χ0n) is 10.7. The zero-order chi connectivity index (χ0) is 11.7. The first-order chi connectivity index (χ1) is 8.26. The van der Waals surface area contributed by atoms with E-state index >= 15 is 0 Å². The van der Waals surface area contributed by atoms with Gasteiger partial charge >= 0.3 is 0 Å².